The van der Waals surface area contributed by atoms with Crippen LogP contribution in [0.25, 0.3) is 0 Å². The van der Waals surface area contributed by atoms with Crippen LogP contribution in [0.5, 0.6) is 0 Å². The predicted molar refractivity (Wildman–Crippen MR) is 110 cm³/mol. The van der Waals surface area contributed by atoms with Gasteiger partial charge in [0, 0.05) is 55.5 Å². The molecule has 0 aromatic heterocycles. The molecule has 28 heavy (non-hydrogen) atoms. The van der Waals surface area contributed by atoms with Crippen LogP contribution in [-0.2, 0) is 14.0 Å². The van der Waals surface area contributed by atoms with Crippen molar-refractivity contribution in [1.29, 1.82) is 5.41 Å². The van der Waals surface area contributed by atoms with Crippen LogP contribution in [0, 0.1) is 11.2 Å². The zero-order valence-electron chi connectivity index (χ0n) is 17.5. The van der Waals surface area contributed by atoms with E-state index >= 15 is 0 Å². The lowest BCUT2D eigenvalue weighted by molar-refractivity contribution is 0.00578. The summed E-state index contributed by atoms with van der Waals surface area (Å²) < 4.78 is 32.3. The van der Waals surface area contributed by atoms with E-state index in [2.05, 4.69) is 10.2 Å². The third kappa shape index (κ3) is 4.25. The first-order chi connectivity index (χ1) is 13.1. The summed E-state index contributed by atoms with van der Waals surface area (Å²) in [5.74, 6) is -0.413. The van der Waals surface area contributed by atoms with E-state index in [-0.39, 0.29) is 0 Å². The second kappa shape index (κ2) is 8.10. The molecule has 0 amide bonds. The van der Waals surface area contributed by atoms with E-state index in [1.54, 1.807) is 13.1 Å². The van der Waals surface area contributed by atoms with Gasteiger partial charge >= 0.3 is 7.12 Å². The van der Waals surface area contributed by atoms with Gasteiger partial charge in [-0.05, 0) is 39.8 Å². The van der Waals surface area contributed by atoms with Crippen LogP contribution in [0.15, 0.2) is 12.1 Å². The fraction of sp³-hybridized carbons (Fsp3) is 0.650. The highest BCUT2D eigenvalue weighted by molar-refractivity contribution is 6.62. The summed E-state index contributed by atoms with van der Waals surface area (Å²) in [7, 11) is 1.01. The molecule has 2 N–H and O–H groups in total. The summed E-state index contributed by atoms with van der Waals surface area (Å²) in [5, 5.41) is 11.6. The Morgan fingerprint density at radius 2 is 1.79 bits per heavy atom. The predicted octanol–water partition coefficient (Wildman–Crippen LogP) is 2.26. The van der Waals surface area contributed by atoms with E-state index in [0.717, 1.165) is 32.8 Å². The number of morpholine rings is 1. The molecule has 2 aliphatic rings. The Kier molecular flexibility index (Phi) is 6.15. The van der Waals surface area contributed by atoms with E-state index in [9.17, 15) is 4.39 Å². The molecule has 3 rings (SSSR count). The molecule has 8 heteroatoms. The topological polar surface area (TPSA) is 66.8 Å². The normalized spacial score (nSPS) is 21.7. The second-order valence-corrected chi connectivity index (χ2v) is 8.44. The maximum absolute atomic E-state index is 15.0. The summed E-state index contributed by atoms with van der Waals surface area (Å²) in [6.45, 7) is 11.8. The minimum Gasteiger partial charge on any atom is -0.399 e. The molecule has 0 aliphatic carbocycles. The average molecular weight is 391 g/mol. The van der Waals surface area contributed by atoms with E-state index in [0.29, 0.717) is 28.8 Å². The number of benzene rings is 1. The van der Waals surface area contributed by atoms with E-state index in [1.165, 1.54) is 6.07 Å². The van der Waals surface area contributed by atoms with Crippen LogP contribution in [0.2, 0.25) is 0 Å². The standard InChI is InChI=1S/C20H31BFN3O3/c1-19(2)20(3,4)28-21(27-19)15-13-18(24-5)14(12-16(15)22)17(23)6-7-25-8-10-26-11-9-25/h12-13,23-24H,6-11H2,1-5H3. The second-order valence-electron chi connectivity index (χ2n) is 8.44. The molecule has 2 saturated heterocycles. The lowest BCUT2D eigenvalue weighted by atomic mass is 9.77. The van der Waals surface area contributed by atoms with Crippen molar-refractivity contribution in [2.45, 2.75) is 45.3 Å². The van der Waals surface area contributed by atoms with Gasteiger partial charge in [0.05, 0.1) is 24.4 Å². The van der Waals surface area contributed by atoms with Crippen molar-refractivity contribution < 1.29 is 18.4 Å². The van der Waals surface area contributed by atoms with Crippen molar-refractivity contribution in [3.63, 3.8) is 0 Å². The summed E-state index contributed by atoms with van der Waals surface area (Å²) in [4.78, 5) is 2.27. The molecule has 0 spiro atoms. The Morgan fingerprint density at radius 1 is 1.18 bits per heavy atom. The number of ether oxygens (including phenoxy) is 1. The van der Waals surface area contributed by atoms with Gasteiger partial charge in [0.1, 0.15) is 5.82 Å². The number of anilines is 1. The summed E-state index contributed by atoms with van der Waals surface area (Å²) >= 11 is 0. The number of nitrogens with one attached hydrogen (secondary N) is 2. The van der Waals surface area contributed by atoms with Crippen molar-refractivity contribution in [3.8, 4) is 0 Å². The van der Waals surface area contributed by atoms with E-state index in [1.807, 2.05) is 27.7 Å². The molecule has 0 unspecified atom stereocenters. The Bertz CT molecular complexity index is 720. The Morgan fingerprint density at radius 3 is 2.36 bits per heavy atom. The first-order valence-corrected chi connectivity index (χ1v) is 9.89. The van der Waals surface area contributed by atoms with Gasteiger partial charge in [-0.25, -0.2) is 4.39 Å². The lowest BCUT2D eigenvalue weighted by Crippen LogP contribution is -2.41. The smallest absolute Gasteiger partial charge is 0.399 e. The van der Waals surface area contributed by atoms with Crippen LogP contribution < -0.4 is 10.8 Å². The lowest BCUT2D eigenvalue weighted by Gasteiger charge is -2.32. The minimum absolute atomic E-state index is 0.354. The van der Waals surface area contributed by atoms with Crippen molar-refractivity contribution in [3.05, 3.63) is 23.5 Å². The van der Waals surface area contributed by atoms with Crippen molar-refractivity contribution in [2.24, 2.45) is 0 Å². The molecule has 1 aromatic rings. The maximum atomic E-state index is 15.0. The molecule has 0 radical (unpaired) electrons. The minimum atomic E-state index is -0.770. The highest BCUT2D eigenvalue weighted by Crippen LogP contribution is 2.37. The number of rotatable bonds is 6. The third-order valence-electron chi connectivity index (χ3n) is 6.02. The maximum Gasteiger partial charge on any atom is 0.497 e. The molecular formula is C20H31BFN3O3. The van der Waals surface area contributed by atoms with Crippen molar-refractivity contribution in [1.82, 2.24) is 4.90 Å². The van der Waals surface area contributed by atoms with Crippen LogP contribution in [0.1, 0.15) is 39.7 Å². The Hall–Kier alpha value is -1.48. The molecular weight excluding hydrogens is 360 g/mol. The van der Waals surface area contributed by atoms with Crippen LogP contribution in [0.4, 0.5) is 10.1 Å². The zero-order valence-corrected chi connectivity index (χ0v) is 17.5. The molecule has 0 bridgehead atoms. The van der Waals surface area contributed by atoms with Gasteiger partial charge in [0.25, 0.3) is 0 Å². The Labute approximate surface area is 167 Å². The first kappa shape index (κ1) is 21.2. The van der Waals surface area contributed by atoms with Gasteiger partial charge < -0.3 is 24.8 Å². The molecule has 154 valence electrons. The van der Waals surface area contributed by atoms with Gasteiger partial charge in [0.2, 0.25) is 0 Å². The fourth-order valence-electron chi connectivity index (χ4n) is 3.43. The monoisotopic (exact) mass is 391 g/mol. The number of hydrogen-bond donors (Lipinski definition) is 2. The molecule has 0 saturated carbocycles. The van der Waals surface area contributed by atoms with E-state index in [4.69, 9.17) is 19.5 Å². The summed E-state index contributed by atoms with van der Waals surface area (Å²) in [5.41, 5.74) is 0.982. The van der Waals surface area contributed by atoms with Gasteiger partial charge in [-0.15, -0.1) is 0 Å². The van der Waals surface area contributed by atoms with Crippen LogP contribution >= 0.6 is 0 Å². The average Bonchev–Trinajstić information content (AvgIpc) is 2.87. The van der Waals surface area contributed by atoms with Crippen LogP contribution in [0.3, 0.4) is 0 Å². The molecule has 2 heterocycles. The van der Waals surface area contributed by atoms with Crippen molar-refractivity contribution in [2.75, 3.05) is 45.2 Å². The molecule has 1 aromatic carbocycles. The first-order valence-electron chi connectivity index (χ1n) is 9.89. The summed E-state index contributed by atoms with van der Waals surface area (Å²) in [6.07, 6.45) is 0.559. The number of hydrogen-bond acceptors (Lipinski definition) is 6. The third-order valence-corrected chi connectivity index (χ3v) is 6.02. The number of nitrogens with zero attached hydrogens (tertiary/aromatic N) is 1. The zero-order chi connectivity index (χ0) is 20.5. The molecule has 2 aliphatic heterocycles. The highest BCUT2D eigenvalue weighted by Gasteiger charge is 2.52. The van der Waals surface area contributed by atoms with E-state index < -0.39 is 24.1 Å². The van der Waals surface area contributed by atoms with Gasteiger partial charge in [-0.2, -0.15) is 0 Å². The molecule has 2 fully saturated rings. The number of halogens is 1. The van der Waals surface area contributed by atoms with Crippen LogP contribution in [-0.4, -0.2) is 68.8 Å². The SMILES string of the molecule is CNc1cc(B2OC(C)(C)C(C)(C)O2)c(F)cc1C(=N)CCN1CCOCC1. The van der Waals surface area contributed by atoms with Gasteiger partial charge in [-0.3, -0.25) is 4.90 Å². The molecule has 6 nitrogen and oxygen atoms in total. The van der Waals surface area contributed by atoms with Gasteiger partial charge in [0.15, 0.2) is 0 Å². The van der Waals surface area contributed by atoms with Gasteiger partial charge in [-0.1, -0.05) is 0 Å². The quantitative estimate of drug-likeness (QED) is 0.575. The summed E-state index contributed by atoms with van der Waals surface area (Å²) in [6, 6.07) is 3.13. The Balaban J connectivity index is 1.77. The highest BCUT2D eigenvalue weighted by atomic mass is 19.1. The molecule has 0 atom stereocenters. The fourth-order valence-corrected chi connectivity index (χ4v) is 3.43. The van der Waals surface area contributed by atoms with Crippen molar-refractivity contribution >= 4 is 24.0 Å². The largest absolute Gasteiger partial charge is 0.497 e.